The van der Waals surface area contributed by atoms with Gasteiger partial charge in [-0.3, -0.25) is 9.59 Å². The lowest BCUT2D eigenvalue weighted by atomic mass is 9.93. The summed E-state index contributed by atoms with van der Waals surface area (Å²) in [6.07, 6.45) is -1.41. The van der Waals surface area contributed by atoms with Crippen LogP contribution in [-0.2, 0) is 23.8 Å². The summed E-state index contributed by atoms with van der Waals surface area (Å²) in [5.41, 5.74) is 0. The van der Waals surface area contributed by atoms with Crippen molar-refractivity contribution in [3.05, 3.63) is 0 Å². The number of hydrogen-bond donors (Lipinski definition) is 0. The van der Waals surface area contributed by atoms with Gasteiger partial charge in [-0.15, -0.1) is 0 Å². The summed E-state index contributed by atoms with van der Waals surface area (Å²) >= 11 is 0. The summed E-state index contributed by atoms with van der Waals surface area (Å²) in [4.78, 5) is 22.1. The maximum absolute atomic E-state index is 11.3. The minimum Gasteiger partial charge on any atom is -0.457 e. The van der Waals surface area contributed by atoms with Gasteiger partial charge in [0.15, 0.2) is 11.9 Å². The Labute approximate surface area is 81.3 Å². The van der Waals surface area contributed by atoms with Crippen molar-refractivity contribution in [3.8, 4) is 0 Å². The smallest absolute Gasteiger partial charge is 0.303 e. The van der Waals surface area contributed by atoms with E-state index in [0.717, 1.165) is 0 Å². The third-order valence-electron chi connectivity index (χ3n) is 2.60. The van der Waals surface area contributed by atoms with Gasteiger partial charge in [0.25, 0.3) is 0 Å². The second kappa shape index (κ2) is 3.33. The molecule has 2 saturated heterocycles. The lowest BCUT2D eigenvalue weighted by Gasteiger charge is -2.25. The fourth-order valence-electron chi connectivity index (χ4n) is 2.06. The zero-order valence-electron chi connectivity index (χ0n) is 8.06. The normalized spacial score (nSPS) is 40.3. The van der Waals surface area contributed by atoms with Crippen LogP contribution in [0.25, 0.3) is 0 Å². The summed E-state index contributed by atoms with van der Waals surface area (Å²) in [7, 11) is 1.48. The van der Waals surface area contributed by atoms with Gasteiger partial charge in [-0.2, -0.15) is 0 Å². The van der Waals surface area contributed by atoms with Crippen LogP contribution in [0.2, 0.25) is 0 Å². The monoisotopic (exact) mass is 200 g/mol. The molecule has 0 aromatic carbocycles. The SMILES string of the molecule is CO[C@H]1[C@H](OC(C)=O)[C@H]2CC(=O)[C@@H]1O2. The highest BCUT2D eigenvalue weighted by Crippen LogP contribution is 2.35. The van der Waals surface area contributed by atoms with Gasteiger partial charge < -0.3 is 14.2 Å². The summed E-state index contributed by atoms with van der Waals surface area (Å²) < 4.78 is 15.5. The molecule has 5 nitrogen and oxygen atoms in total. The van der Waals surface area contributed by atoms with Crippen LogP contribution < -0.4 is 0 Å². The standard InChI is InChI=1S/C9H12O5/c1-4(10)13-8-6-3-5(11)7(14-6)9(8)12-2/h6-9H,3H2,1-2H3/t6-,7+,8-,9-/m1/s1. The Morgan fingerprint density at radius 3 is 2.79 bits per heavy atom. The fraction of sp³-hybridized carbons (Fsp3) is 0.778. The number of carbonyl (C=O) groups is 2. The third-order valence-corrected chi connectivity index (χ3v) is 2.60. The second-order valence-electron chi connectivity index (χ2n) is 3.54. The zero-order valence-corrected chi connectivity index (χ0v) is 8.06. The Balaban J connectivity index is 2.11. The van der Waals surface area contributed by atoms with E-state index in [1.54, 1.807) is 0 Å². The molecular weight excluding hydrogens is 188 g/mol. The van der Waals surface area contributed by atoms with E-state index in [4.69, 9.17) is 14.2 Å². The molecule has 0 N–H and O–H groups in total. The van der Waals surface area contributed by atoms with Crippen molar-refractivity contribution in [2.45, 2.75) is 37.8 Å². The van der Waals surface area contributed by atoms with Gasteiger partial charge in [-0.05, 0) is 0 Å². The molecule has 0 aromatic rings. The molecule has 2 aliphatic rings. The van der Waals surface area contributed by atoms with Gasteiger partial charge in [-0.25, -0.2) is 0 Å². The average molecular weight is 200 g/mol. The van der Waals surface area contributed by atoms with Crippen molar-refractivity contribution in [2.24, 2.45) is 0 Å². The van der Waals surface area contributed by atoms with Crippen molar-refractivity contribution in [3.63, 3.8) is 0 Å². The number of rotatable bonds is 2. The Morgan fingerprint density at radius 2 is 2.21 bits per heavy atom. The summed E-state index contributed by atoms with van der Waals surface area (Å²) in [5, 5.41) is 0. The van der Waals surface area contributed by atoms with Crippen LogP contribution in [0.4, 0.5) is 0 Å². The van der Waals surface area contributed by atoms with E-state index in [-0.39, 0.29) is 17.9 Å². The highest BCUT2D eigenvalue weighted by molar-refractivity contribution is 5.87. The third kappa shape index (κ3) is 1.33. The summed E-state index contributed by atoms with van der Waals surface area (Å²) in [6, 6.07) is 0. The molecule has 4 atom stereocenters. The number of ether oxygens (including phenoxy) is 3. The Morgan fingerprint density at radius 1 is 1.50 bits per heavy atom. The molecule has 0 saturated carbocycles. The van der Waals surface area contributed by atoms with E-state index >= 15 is 0 Å². The molecule has 0 amide bonds. The first kappa shape index (κ1) is 9.61. The van der Waals surface area contributed by atoms with Gasteiger partial charge in [0.05, 0.1) is 0 Å². The fourth-order valence-corrected chi connectivity index (χ4v) is 2.06. The van der Waals surface area contributed by atoms with Crippen LogP contribution in [0.1, 0.15) is 13.3 Å². The molecule has 0 radical (unpaired) electrons. The average Bonchev–Trinajstić information content (AvgIpc) is 2.60. The number of methoxy groups -OCH3 is 1. The molecule has 2 aliphatic heterocycles. The lowest BCUT2D eigenvalue weighted by molar-refractivity contribution is -0.156. The maximum atomic E-state index is 11.3. The molecule has 2 fully saturated rings. The highest BCUT2D eigenvalue weighted by atomic mass is 16.6. The minimum atomic E-state index is -0.547. The minimum absolute atomic E-state index is 0.0326. The molecular formula is C9H12O5. The van der Waals surface area contributed by atoms with Crippen molar-refractivity contribution in [1.29, 1.82) is 0 Å². The molecule has 2 bridgehead atoms. The topological polar surface area (TPSA) is 61.8 Å². The molecule has 0 aliphatic carbocycles. The number of fused-ring (bicyclic) bond motifs is 2. The van der Waals surface area contributed by atoms with Gasteiger partial charge in [-0.1, -0.05) is 0 Å². The number of ketones is 1. The van der Waals surface area contributed by atoms with Gasteiger partial charge in [0, 0.05) is 20.5 Å². The molecule has 0 aromatic heterocycles. The summed E-state index contributed by atoms with van der Waals surface area (Å²) in [5.74, 6) is -0.342. The largest absolute Gasteiger partial charge is 0.457 e. The van der Waals surface area contributed by atoms with Gasteiger partial charge >= 0.3 is 5.97 Å². The summed E-state index contributed by atoms with van der Waals surface area (Å²) in [6.45, 7) is 1.33. The van der Waals surface area contributed by atoms with Crippen LogP contribution in [0, 0.1) is 0 Å². The Hall–Kier alpha value is -0.940. The van der Waals surface area contributed by atoms with Crippen LogP contribution in [0.15, 0.2) is 0 Å². The van der Waals surface area contributed by atoms with Crippen molar-refractivity contribution in [1.82, 2.24) is 0 Å². The Bertz CT molecular complexity index is 274. The quantitative estimate of drug-likeness (QED) is 0.571. The molecule has 5 heteroatoms. The van der Waals surface area contributed by atoms with Gasteiger partial charge in [0.2, 0.25) is 0 Å². The van der Waals surface area contributed by atoms with Crippen LogP contribution >= 0.6 is 0 Å². The van der Waals surface area contributed by atoms with Crippen LogP contribution in [-0.4, -0.2) is 43.3 Å². The molecule has 2 heterocycles. The number of hydrogen-bond acceptors (Lipinski definition) is 5. The molecule has 0 spiro atoms. The number of Topliss-reactive ketones (excluding diaryl/α,β-unsaturated/α-hetero) is 1. The van der Waals surface area contributed by atoms with E-state index in [2.05, 4.69) is 0 Å². The first-order valence-electron chi connectivity index (χ1n) is 4.51. The first-order valence-corrected chi connectivity index (χ1v) is 4.51. The number of esters is 1. The van der Waals surface area contributed by atoms with Crippen LogP contribution in [0.5, 0.6) is 0 Å². The second-order valence-corrected chi connectivity index (χ2v) is 3.54. The predicted octanol–water partition coefficient (Wildman–Crippen LogP) is -0.327. The molecule has 0 unspecified atom stereocenters. The molecule has 78 valence electrons. The Kier molecular flexibility index (Phi) is 2.28. The van der Waals surface area contributed by atoms with Crippen molar-refractivity contribution in [2.75, 3.05) is 7.11 Å². The van der Waals surface area contributed by atoms with E-state index in [9.17, 15) is 9.59 Å². The van der Waals surface area contributed by atoms with E-state index in [0.29, 0.717) is 6.42 Å². The van der Waals surface area contributed by atoms with Crippen LogP contribution in [0.3, 0.4) is 0 Å². The maximum Gasteiger partial charge on any atom is 0.303 e. The number of carbonyl (C=O) groups excluding carboxylic acids is 2. The van der Waals surface area contributed by atoms with Gasteiger partial charge in [0.1, 0.15) is 18.3 Å². The lowest BCUT2D eigenvalue weighted by Crippen LogP contribution is -2.45. The molecule has 14 heavy (non-hydrogen) atoms. The van der Waals surface area contributed by atoms with Crippen molar-refractivity contribution < 1.29 is 23.8 Å². The predicted molar refractivity (Wildman–Crippen MR) is 44.6 cm³/mol. The van der Waals surface area contributed by atoms with E-state index < -0.39 is 18.3 Å². The molecule has 2 rings (SSSR count). The first-order chi connectivity index (χ1) is 6.63. The highest BCUT2D eigenvalue weighted by Gasteiger charge is 2.56. The van der Waals surface area contributed by atoms with Crippen molar-refractivity contribution >= 4 is 11.8 Å². The van der Waals surface area contributed by atoms with E-state index in [1.807, 2.05) is 0 Å². The van der Waals surface area contributed by atoms with E-state index in [1.165, 1.54) is 14.0 Å². The zero-order chi connectivity index (χ0) is 10.3.